The molecule has 6 nitrogen and oxygen atoms in total. The van der Waals surface area contributed by atoms with Crippen LogP contribution in [-0.4, -0.2) is 36.5 Å². The highest BCUT2D eigenvalue weighted by Crippen LogP contribution is 2.26. The molecule has 0 atom stereocenters. The van der Waals surface area contributed by atoms with Crippen molar-refractivity contribution in [2.24, 2.45) is 0 Å². The van der Waals surface area contributed by atoms with Gasteiger partial charge in [0.2, 0.25) is 0 Å². The molecular formula is C24H25N5O. The van der Waals surface area contributed by atoms with E-state index in [1.165, 1.54) is 5.69 Å². The van der Waals surface area contributed by atoms with Crippen LogP contribution in [0.2, 0.25) is 0 Å². The topological polar surface area (TPSA) is 55.4 Å². The maximum atomic E-state index is 13.2. The van der Waals surface area contributed by atoms with E-state index in [9.17, 15) is 4.79 Å². The molecule has 30 heavy (non-hydrogen) atoms. The zero-order valence-electron chi connectivity index (χ0n) is 17.5. The summed E-state index contributed by atoms with van der Waals surface area (Å²) < 4.78 is 4.05. The van der Waals surface area contributed by atoms with Gasteiger partial charge in [0.25, 0.3) is 5.91 Å². The number of rotatable bonds is 2. The maximum absolute atomic E-state index is 13.2. The van der Waals surface area contributed by atoms with E-state index in [4.69, 9.17) is 4.98 Å². The number of benzene rings is 1. The molecule has 0 fully saturated rings. The minimum Gasteiger partial charge on any atom is -0.334 e. The highest BCUT2D eigenvalue weighted by Gasteiger charge is 2.28. The molecule has 5 rings (SSSR count). The van der Waals surface area contributed by atoms with Crippen molar-refractivity contribution in [2.75, 3.05) is 6.54 Å². The van der Waals surface area contributed by atoms with E-state index >= 15 is 0 Å². The Balaban J connectivity index is 1.40. The van der Waals surface area contributed by atoms with Gasteiger partial charge in [0, 0.05) is 54.3 Å². The van der Waals surface area contributed by atoms with Crippen molar-refractivity contribution < 1.29 is 4.79 Å². The minimum atomic E-state index is -0.0536. The van der Waals surface area contributed by atoms with Gasteiger partial charge in [-0.15, -0.1) is 0 Å². The van der Waals surface area contributed by atoms with E-state index in [0.29, 0.717) is 18.7 Å². The van der Waals surface area contributed by atoms with E-state index < -0.39 is 0 Å². The van der Waals surface area contributed by atoms with Crippen LogP contribution in [0.1, 0.15) is 42.4 Å². The van der Waals surface area contributed by atoms with Crippen LogP contribution < -0.4 is 0 Å². The molecule has 4 heterocycles. The van der Waals surface area contributed by atoms with Gasteiger partial charge in [0.1, 0.15) is 5.65 Å². The summed E-state index contributed by atoms with van der Waals surface area (Å²) in [6, 6.07) is 13.8. The third kappa shape index (κ3) is 3.18. The Morgan fingerprint density at radius 3 is 2.67 bits per heavy atom. The summed E-state index contributed by atoms with van der Waals surface area (Å²) >= 11 is 0. The molecule has 0 bridgehead atoms. The van der Waals surface area contributed by atoms with Crippen molar-refractivity contribution in [1.29, 1.82) is 0 Å². The Bertz CT molecular complexity index is 1230. The molecule has 1 amide bonds. The third-order valence-corrected chi connectivity index (χ3v) is 5.63. The fraction of sp³-hybridized carbons (Fsp3) is 0.292. The van der Waals surface area contributed by atoms with Gasteiger partial charge in [-0.05, 0) is 32.9 Å². The van der Waals surface area contributed by atoms with Gasteiger partial charge in [-0.25, -0.2) is 4.98 Å². The van der Waals surface area contributed by atoms with Crippen LogP contribution in [0.25, 0.3) is 16.9 Å². The molecule has 0 radical (unpaired) electrons. The second-order valence-corrected chi connectivity index (χ2v) is 8.85. The maximum Gasteiger partial charge on any atom is 0.254 e. The molecule has 6 heteroatoms. The number of fused-ring (bicyclic) bond motifs is 2. The zero-order chi connectivity index (χ0) is 20.9. The summed E-state index contributed by atoms with van der Waals surface area (Å²) in [6.45, 7) is 7.76. The molecule has 4 aromatic rings. The van der Waals surface area contributed by atoms with Crippen molar-refractivity contribution in [3.05, 3.63) is 77.9 Å². The van der Waals surface area contributed by atoms with Crippen LogP contribution in [0.5, 0.6) is 0 Å². The summed E-state index contributed by atoms with van der Waals surface area (Å²) in [5.41, 5.74) is 5.73. The first-order valence-electron chi connectivity index (χ1n) is 10.3. The molecule has 1 aliphatic heterocycles. The van der Waals surface area contributed by atoms with E-state index in [2.05, 4.69) is 30.6 Å². The average molecular weight is 399 g/mol. The van der Waals surface area contributed by atoms with Crippen LogP contribution >= 0.6 is 0 Å². The number of imidazole rings is 1. The fourth-order valence-corrected chi connectivity index (χ4v) is 4.13. The summed E-state index contributed by atoms with van der Waals surface area (Å²) in [7, 11) is 0. The summed E-state index contributed by atoms with van der Waals surface area (Å²) in [5.74, 6) is 0.0379. The highest BCUT2D eigenvalue weighted by molar-refractivity contribution is 5.95. The zero-order valence-corrected chi connectivity index (χ0v) is 17.5. The molecule has 0 saturated heterocycles. The lowest BCUT2D eigenvalue weighted by Crippen LogP contribution is -2.37. The number of carbonyl (C=O) groups excluding carboxylic acids is 1. The molecule has 1 aromatic carbocycles. The molecule has 0 saturated carbocycles. The largest absolute Gasteiger partial charge is 0.334 e. The van der Waals surface area contributed by atoms with Crippen molar-refractivity contribution in [2.45, 2.75) is 39.3 Å². The van der Waals surface area contributed by atoms with E-state index in [1.54, 1.807) is 0 Å². The molecular weight excluding hydrogens is 374 g/mol. The molecule has 1 aliphatic rings. The molecule has 0 spiro atoms. The van der Waals surface area contributed by atoms with Crippen LogP contribution in [0, 0.1) is 0 Å². The molecule has 3 aromatic heterocycles. The second kappa shape index (κ2) is 6.83. The molecule has 0 aliphatic carbocycles. The van der Waals surface area contributed by atoms with Crippen LogP contribution in [-0.2, 0) is 18.5 Å². The number of nitrogens with zero attached hydrogens (tertiary/aromatic N) is 5. The first-order valence-corrected chi connectivity index (χ1v) is 10.3. The quantitative estimate of drug-likeness (QED) is 0.509. The first kappa shape index (κ1) is 18.6. The Kier molecular flexibility index (Phi) is 4.24. The van der Waals surface area contributed by atoms with E-state index in [1.807, 2.05) is 70.4 Å². The van der Waals surface area contributed by atoms with Gasteiger partial charge in [-0.3, -0.25) is 9.48 Å². The lowest BCUT2D eigenvalue weighted by Gasteiger charge is -2.30. The predicted octanol–water partition coefficient (Wildman–Crippen LogP) is 4.15. The lowest BCUT2D eigenvalue weighted by molar-refractivity contribution is 0.0732. The number of aromatic nitrogens is 4. The Morgan fingerprint density at radius 2 is 1.90 bits per heavy atom. The van der Waals surface area contributed by atoms with Gasteiger partial charge in [-0.1, -0.05) is 30.3 Å². The Hall–Kier alpha value is -3.41. The molecule has 0 unspecified atom stereocenters. The van der Waals surface area contributed by atoms with E-state index in [-0.39, 0.29) is 11.4 Å². The van der Waals surface area contributed by atoms with E-state index in [0.717, 1.165) is 28.9 Å². The average Bonchev–Trinajstić information content (AvgIpc) is 3.36. The summed E-state index contributed by atoms with van der Waals surface area (Å²) in [5, 5.41) is 4.57. The monoisotopic (exact) mass is 399 g/mol. The number of pyridine rings is 1. The van der Waals surface area contributed by atoms with Crippen molar-refractivity contribution in [3.63, 3.8) is 0 Å². The SMILES string of the molecule is CC(C)(C)n1ncc2c1CCN(C(=O)c1ccn3cc(-c4ccccc4)nc3c1)C2. The van der Waals surface area contributed by atoms with Crippen molar-refractivity contribution >= 4 is 11.6 Å². The number of amides is 1. The van der Waals surface area contributed by atoms with Gasteiger partial charge in [0.15, 0.2) is 0 Å². The number of hydrogen-bond acceptors (Lipinski definition) is 3. The number of hydrogen-bond donors (Lipinski definition) is 0. The molecule has 152 valence electrons. The number of carbonyl (C=O) groups is 1. The Morgan fingerprint density at radius 1 is 1.10 bits per heavy atom. The van der Waals surface area contributed by atoms with Gasteiger partial charge < -0.3 is 9.30 Å². The normalized spacial score (nSPS) is 14.2. The van der Waals surface area contributed by atoms with Gasteiger partial charge in [-0.2, -0.15) is 5.10 Å². The highest BCUT2D eigenvalue weighted by atomic mass is 16.2. The smallest absolute Gasteiger partial charge is 0.254 e. The minimum absolute atomic E-state index is 0.0379. The summed E-state index contributed by atoms with van der Waals surface area (Å²) in [4.78, 5) is 19.8. The van der Waals surface area contributed by atoms with Gasteiger partial charge in [0.05, 0.1) is 17.4 Å². The predicted molar refractivity (Wildman–Crippen MR) is 116 cm³/mol. The van der Waals surface area contributed by atoms with Crippen molar-refractivity contribution in [1.82, 2.24) is 24.1 Å². The van der Waals surface area contributed by atoms with Crippen LogP contribution in [0.15, 0.2) is 61.1 Å². The second-order valence-electron chi connectivity index (χ2n) is 8.85. The summed E-state index contributed by atoms with van der Waals surface area (Å²) in [6.07, 6.45) is 6.63. The van der Waals surface area contributed by atoms with Gasteiger partial charge >= 0.3 is 0 Å². The van der Waals surface area contributed by atoms with Crippen molar-refractivity contribution in [3.8, 4) is 11.3 Å². The first-order chi connectivity index (χ1) is 14.4. The fourth-order valence-electron chi connectivity index (χ4n) is 4.13. The van der Waals surface area contributed by atoms with Crippen LogP contribution in [0.4, 0.5) is 0 Å². The molecule has 0 N–H and O–H groups in total. The standard InChI is InChI=1S/C24H25N5O/c1-24(2,3)29-21-10-12-28(15-19(21)14-25-29)23(30)18-9-11-27-16-20(26-22(27)13-18)17-7-5-4-6-8-17/h4-9,11,13-14,16H,10,12,15H2,1-3H3. The third-order valence-electron chi connectivity index (χ3n) is 5.63. The van der Waals surface area contributed by atoms with Crippen LogP contribution in [0.3, 0.4) is 0 Å². The lowest BCUT2D eigenvalue weighted by atomic mass is 10.0. The Labute approximate surface area is 175 Å².